The summed E-state index contributed by atoms with van der Waals surface area (Å²) >= 11 is 5.31. The van der Waals surface area contributed by atoms with Crippen molar-refractivity contribution in [1.29, 1.82) is 0 Å². The second-order valence-corrected chi connectivity index (χ2v) is 8.81. The van der Waals surface area contributed by atoms with Gasteiger partial charge in [0.2, 0.25) is 0 Å². The summed E-state index contributed by atoms with van der Waals surface area (Å²) in [5.74, 6) is 3.05. The standard InChI is InChI=1S/C15H18BrN3S/c1-15(2,10-7-12(16)20-8-10)14-18-17-13(9-3-4-9)19(14)11-5-6-11/h7-9,11H,3-6H2,1-2H3. The van der Waals surface area contributed by atoms with E-state index >= 15 is 0 Å². The average molecular weight is 352 g/mol. The van der Waals surface area contributed by atoms with E-state index in [0.717, 1.165) is 5.82 Å². The van der Waals surface area contributed by atoms with Gasteiger partial charge < -0.3 is 4.57 Å². The largest absolute Gasteiger partial charge is 0.311 e. The highest BCUT2D eigenvalue weighted by molar-refractivity contribution is 9.11. The minimum Gasteiger partial charge on any atom is -0.311 e. The third kappa shape index (κ3) is 2.06. The molecule has 106 valence electrons. The Balaban J connectivity index is 1.81. The minimum atomic E-state index is -0.0781. The number of thiophene rings is 1. The Labute approximate surface area is 131 Å². The van der Waals surface area contributed by atoms with Crippen LogP contribution in [0.3, 0.4) is 0 Å². The summed E-state index contributed by atoms with van der Waals surface area (Å²) in [6.07, 6.45) is 5.15. The van der Waals surface area contributed by atoms with Crippen molar-refractivity contribution < 1.29 is 0 Å². The monoisotopic (exact) mass is 351 g/mol. The van der Waals surface area contributed by atoms with Crippen LogP contribution in [0.2, 0.25) is 0 Å². The molecule has 0 atom stereocenters. The molecular formula is C15H18BrN3S. The third-order valence-corrected chi connectivity index (χ3v) is 5.93. The lowest BCUT2D eigenvalue weighted by atomic mass is 9.85. The number of hydrogen-bond donors (Lipinski definition) is 0. The zero-order valence-corrected chi connectivity index (χ0v) is 14.2. The van der Waals surface area contributed by atoms with Gasteiger partial charge >= 0.3 is 0 Å². The van der Waals surface area contributed by atoms with Gasteiger partial charge in [-0.1, -0.05) is 0 Å². The number of rotatable bonds is 4. The van der Waals surface area contributed by atoms with Crippen LogP contribution in [-0.4, -0.2) is 14.8 Å². The molecule has 0 aromatic carbocycles. The lowest BCUT2D eigenvalue weighted by molar-refractivity contribution is 0.527. The summed E-state index contributed by atoms with van der Waals surface area (Å²) in [4.78, 5) is 0. The smallest absolute Gasteiger partial charge is 0.143 e. The summed E-state index contributed by atoms with van der Waals surface area (Å²) in [7, 11) is 0. The number of hydrogen-bond acceptors (Lipinski definition) is 3. The summed E-state index contributed by atoms with van der Waals surface area (Å²) in [6, 6.07) is 2.87. The number of aromatic nitrogens is 3. The van der Waals surface area contributed by atoms with Crippen LogP contribution in [0.5, 0.6) is 0 Å². The molecule has 3 nitrogen and oxygen atoms in total. The molecule has 2 aliphatic rings. The number of nitrogens with zero attached hydrogens (tertiary/aromatic N) is 3. The molecule has 2 aromatic rings. The second kappa shape index (κ2) is 4.41. The van der Waals surface area contributed by atoms with E-state index in [1.54, 1.807) is 11.3 Å². The fraction of sp³-hybridized carbons (Fsp3) is 0.600. The van der Waals surface area contributed by atoms with Crippen molar-refractivity contribution >= 4 is 27.3 Å². The number of halogens is 1. The molecule has 5 heteroatoms. The third-order valence-electron chi connectivity index (χ3n) is 4.42. The zero-order chi connectivity index (χ0) is 13.9. The van der Waals surface area contributed by atoms with Gasteiger partial charge in [0.15, 0.2) is 0 Å². The normalized spacial score (nSPS) is 19.6. The summed E-state index contributed by atoms with van der Waals surface area (Å²) < 4.78 is 3.64. The highest BCUT2D eigenvalue weighted by atomic mass is 79.9. The Bertz CT molecular complexity index is 650. The van der Waals surface area contributed by atoms with Crippen LogP contribution in [0.4, 0.5) is 0 Å². The first kappa shape index (κ1) is 13.0. The summed E-state index contributed by atoms with van der Waals surface area (Å²) in [6.45, 7) is 4.53. The van der Waals surface area contributed by atoms with Crippen molar-refractivity contribution in [2.75, 3.05) is 0 Å². The van der Waals surface area contributed by atoms with Crippen molar-refractivity contribution in [1.82, 2.24) is 14.8 Å². The van der Waals surface area contributed by atoms with E-state index in [9.17, 15) is 0 Å². The molecule has 20 heavy (non-hydrogen) atoms. The van der Waals surface area contributed by atoms with Gasteiger partial charge in [0.05, 0.1) is 9.20 Å². The van der Waals surface area contributed by atoms with E-state index in [1.807, 2.05) is 0 Å². The Morgan fingerprint density at radius 2 is 2.00 bits per heavy atom. The van der Waals surface area contributed by atoms with Gasteiger partial charge in [-0.2, -0.15) is 0 Å². The Hall–Kier alpha value is -0.680. The van der Waals surface area contributed by atoms with Gasteiger partial charge in [-0.25, -0.2) is 0 Å². The van der Waals surface area contributed by atoms with Crippen molar-refractivity contribution in [3.8, 4) is 0 Å². The lowest BCUT2D eigenvalue weighted by Gasteiger charge is -2.24. The molecule has 2 fully saturated rings. The molecule has 2 saturated carbocycles. The van der Waals surface area contributed by atoms with E-state index in [0.29, 0.717) is 12.0 Å². The van der Waals surface area contributed by atoms with Crippen molar-refractivity contribution in [3.63, 3.8) is 0 Å². The molecule has 2 aliphatic carbocycles. The maximum atomic E-state index is 4.60. The maximum absolute atomic E-state index is 4.60. The van der Waals surface area contributed by atoms with Crippen LogP contribution in [0.25, 0.3) is 0 Å². The Morgan fingerprint density at radius 1 is 1.25 bits per heavy atom. The van der Waals surface area contributed by atoms with Crippen LogP contribution in [0.15, 0.2) is 15.2 Å². The van der Waals surface area contributed by atoms with Crippen molar-refractivity contribution in [2.45, 2.75) is 56.9 Å². The Morgan fingerprint density at radius 3 is 2.55 bits per heavy atom. The fourth-order valence-corrected chi connectivity index (χ4v) is 4.13. The van der Waals surface area contributed by atoms with Crippen LogP contribution in [0, 0.1) is 0 Å². The predicted octanol–water partition coefficient (Wildman–Crippen LogP) is 4.64. The Kier molecular flexibility index (Phi) is 2.87. The highest BCUT2D eigenvalue weighted by Crippen LogP contribution is 2.47. The van der Waals surface area contributed by atoms with E-state index in [1.165, 1.54) is 40.9 Å². The average Bonchev–Trinajstić information content (AvgIpc) is 3.34. The van der Waals surface area contributed by atoms with Crippen LogP contribution in [-0.2, 0) is 5.41 Å². The first-order valence-corrected chi connectivity index (χ1v) is 8.94. The van der Waals surface area contributed by atoms with Crippen molar-refractivity contribution in [3.05, 3.63) is 32.4 Å². The van der Waals surface area contributed by atoms with E-state index in [-0.39, 0.29) is 5.41 Å². The molecule has 0 amide bonds. The molecule has 0 unspecified atom stereocenters. The predicted molar refractivity (Wildman–Crippen MR) is 84.4 cm³/mol. The highest BCUT2D eigenvalue weighted by Gasteiger charge is 2.40. The van der Waals surface area contributed by atoms with Crippen LogP contribution in [0.1, 0.15) is 68.7 Å². The quantitative estimate of drug-likeness (QED) is 0.803. The molecule has 0 aliphatic heterocycles. The van der Waals surface area contributed by atoms with E-state index in [4.69, 9.17) is 0 Å². The molecule has 0 bridgehead atoms. The van der Waals surface area contributed by atoms with Gasteiger partial charge in [-0.3, -0.25) is 0 Å². The molecular weight excluding hydrogens is 334 g/mol. The fourth-order valence-electron chi connectivity index (χ4n) is 2.81. The summed E-state index contributed by atoms with van der Waals surface area (Å²) in [5, 5.41) is 11.4. The maximum Gasteiger partial charge on any atom is 0.143 e. The van der Waals surface area contributed by atoms with Gasteiger partial charge in [0.25, 0.3) is 0 Å². The topological polar surface area (TPSA) is 30.7 Å². The molecule has 0 N–H and O–H groups in total. The van der Waals surface area contributed by atoms with E-state index < -0.39 is 0 Å². The molecule has 0 spiro atoms. The van der Waals surface area contributed by atoms with Crippen LogP contribution >= 0.6 is 27.3 Å². The van der Waals surface area contributed by atoms with Gasteiger partial charge in [0, 0.05) is 12.0 Å². The molecule has 2 heterocycles. The van der Waals surface area contributed by atoms with Crippen LogP contribution < -0.4 is 0 Å². The van der Waals surface area contributed by atoms with Gasteiger partial charge in [-0.15, -0.1) is 21.5 Å². The SMILES string of the molecule is CC(C)(c1csc(Br)c1)c1nnc(C2CC2)n1C1CC1. The summed E-state index contributed by atoms with van der Waals surface area (Å²) in [5.41, 5.74) is 1.25. The second-order valence-electron chi connectivity index (χ2n) is 6.52. The van der Waals surface area contributed by atoms with E-state index in [2.05, 4.69) is 56.0 Å². The molecule has 4 rings (SSSR count). The molecule has 0 radical (unpaired) electrons. The molecule has 2 aromatic heterocycles. The van der Waals surface area contributed by atoms with Crippen molar-refractivity contribution in [2.24, 2.45) is 0 Å². The van der Waals surface area contributed by atoms with Gasteiger partial charge in [-0.05, 0) is 72.5 Å². The lowest BCUT2D eigenvalue weighted by Crippen LogP contribution is -2.24. The minimum absolute atomic E-state index is 0.0781. The van der Waals surface area contributed by atoms with Gasteiger partial charge in [0.1, 0.15) is 11.6 Å². The zero-order valence-electron chi connectivity index (χ0n) is 11.8. The molecule has 0 saturated heterocycles. The first-order valence-electron chi connectivity index (χ1n) is 7.27. The first-order chi connectivity index (χ1) is 9.57.